The third kappa shape index (κ3) is 7.00. The van der Waals surface area contributed by atoms with Crippen LogP contribution in [-0.4, -0.2) is 94.9 Å². The number of nitrogens with zero attached hydrogens (tertiary/aromatic N) is 6. The highest BCUT2D eigenvalue weighted by molar-refractivity contribution is 5.88. The molecule has 0 spiro atoms. The van der Waals surface area contributed by atoms with E-state index in [2.05, 4.69) is 35.9 Å². The van der Waals surface area contributed by atoms with Crippen molar-refractivity contribution in [2.45, 2.75) is 51.7 Å². The van der Waals surface area contributed by atoms with E-state index in [1.807, 2.05) is 13.8 Å². The number of aromatic nitrogens is 4. The summed E-state index contributed by atoms with van der Waals surface area (Å²) in [7, 11) is 1.29. The van der Waals surface area contributed by atoms with E-state index in [0.29, 0.717) is 13.0 Å². The average Bonchev–Trinajstić information content (AvgIpc) is 2.91. The van der Waals surface area contributed by atoms with Gasteiger partial charge in [-0.05, 0) is 26.0 Å². The highest BCUT2D eigenvalue weighted by atomic mass is 19.3. The van der Waals surface area contributed by atoms with Gasteiger partial charge in [0.05, 0.1) is 19.0 Å². The minimum absolute atomic E-state index is 0.0412. The van der Waals surface area contributed by atoms with Gasteiger partial charge in [0.25, 0.3) is 5.92 Å². The maximum Gasteiger partial charge on any atom is 0.413 e. The largest absolute Gasteiger partial charge is 0.477 e. The van der Waals surface area contributed by atoms with Crippen LogP contribution in [0.15, 0.2) is 24.7 Å². The molecule has 40 heavy (non-hydrogen) atoms. The van der Waals surface area contributed by atoms with Gasteiger partial charge in [0, 0.05) is 44.7 Å². The third-order valence-electron chi connectivity index (χ3n) is 6.98. The minimum Gasteiger partial charge on any atom is -0.477 e. The number of halogens is 2. The van der Waals surface area contributed by atoms with Crippen molar-refractivity contribution >= 4 is 29.7 Å². The molecule has 4 rings (SSSR count). The summed E-state index contributed by atoms with van der Waals surface area (Å²) in [5.41, 5.74) is -0.224. The first kappa shape index (κ1) is 29.1. The Morgan fingerprint density at radius 3 is 2.70 bits per heavy atom. The van der Waals surface area contributed by atoms with Gasteiger partial charge in [0.2, 0.25) is 11.8 Å². The van der Waals surface area contributed by atoms with Gasteiger partial charge >= 0.3 is 12.1 Å². The predicted octanol–water partition coefficient (Wildman–Crippen LogP) is 2.98. The summed E-state index contributed by atoms with van der Waals surface area (Å²) in [5, 5.41) is 8.37. The second kappa shape index (κ2) is 12.1. The lowest BCUT2D eigenvalue weighted by Gasteiger charge is -2.42. The first-order valence-electron chi connectivity index (χ1n) is 13.1. The monoisotopic (exact) mass is 563 g/mol. The molecule has 2 fully saturated rings. The van der Waals surface area contributed by atoms with Gasteiger partial charge in [-0.2, -0.15) is 4.98 Å². The number of alkyl halides is 2. The Bertz CT molecular complexity index is 1190. The molecule has 2 aliphatic rings. The van der Waals surface area contributed by atoms with Crippen LogP contribution in [0.5, 0.6) is 5.88 Å². The predicted molar refractivity (Wildman–Crippen MR) is 143 cm³/mol. The standard InChI is InChI=1S/C25H35F2N9O4/c1-5-39-20-13-30-19(12-31-20)33-22(37)35(4)16-14-36(11-8-25(16,26)27)21-29-10-7-18(32-21)34-23(38)40-17-6-9-28-15-24(17,2)3/h7,10,12-13,16-17,28H,5-6,8-9,11,14-15H2,1-4H3,(H,30,33,37)(H,29,32,34,38)/t16-,17-/m0/s1. The molecule has 2 aromatic heterocycles. The molecule has 0 bridgehead atoms. The van der Waals surface area contributed by atoms with Gasteiger partial charge in [-0.25, -0.2) is 33.3 Å². The molecule has 0 radical (unpaired) electrons. The maximum atomic E-state index is 15.0. The first-order valence-corrected chi connectivity index (χ1v) is 13.1. The number of hydrogen-bond donors (Lipinski definition) is 3. The van der Waals surface area contributed by atoms with E-state index in [-0.39, 0.29) is 48.1 Å². The summed E-state index contributed by atoms with van der Waals surface area (Å²) in [4.78, 5) is 44.4. The van der Waals surface area contributed by atoms with E-state index < -0.39 is 30.5 Å². The van der Waals surface area contributed by atoms with Crippen LogP contribution in [0.2, 0.25) is 0 Å². The van der Waals surface area contributed by atoms with Crippen molar-refractivity contribution < 1.29 is 27.8 Å². The molecule has 0 unspecified atom stereocenters. The Kier molecular flexibility index (Phi) is 8.81. The summed E-state index contributed by atoms with van der Waals surface area (Å²) in [6.07, 6.45) is 3.28. The zero-order valence-electron chi connectivity index (χ0n) is 23.0. The van der Waals surface area contributed by atoms with Crippen LogP contribution in [0.25, 0.3) is 0 Å². The zero-order chi connectivity index (χ0) is 28.9. The fourth-order valence-electron chi connectivity index (χ4n) is 4.61. The van der Waals surface area contributed by atoms with Crippen LogP contribution in [-0.2, 0) is 4.74 Å². The molecule has 15 heteroatoms. The lowest BCUT2D eigenvalue weighted by atomic mass is 9.82. The van der Waals surface area contributed by atoms with Crippen LogP contribution in [0.3, 0.4) is 0 Å². The van der Waals surface area contributed by atoms with Crippen LogP contribution in [0.1, 0.15) is 33.6 Å². The number of urea groups is 1. The number of nitrogens with one attached hydrogen (secondary N) is 3. The number of rotatable bonds is 7. The normalized spacial score (nSPS) is 21.7. The number of anilines is 3. The Morgan fingerprint density at radius 1 is 1.20 bits per heavy atom. The van der Waals surface area contributed by atoms with Gasteiger partial charge in [-0.1, -0.05) is 13.8 Å². The lowest BCUT2D eigenvalue weighted by molar-refractivity contribution is -0.0760. The van der Waals surface area contributed by atoms with Gasteiger partial charge in [0.15, 0.2) is 5.82 Å². The number of amides is 3. The summed E-state index contributed by atoms with van der Waals surface area (Å²) in [6, 6.07) is -0.764. The highest BCUT2D eigenvalue weighted by Gasteiger charge is 2.48. The van der Waals surface area contributed by atoms with Gasteiger partial charge < -0.3 is 24.6 Å². The fraction of sp³-hybridized carbons (Fsp3) is 0.600. The van der Waals surface area contributed by atoms with E-state index in [0.717, 1.165) is 18.0 Å². The summed E-state index contributed by atoms with van der Waals surface area (Å²) in [6.45, 7) is 7.44. The number of hydrogen-bond acceptors (Lipinski definition) is 10. The smallest absolute Gasteiger partial charge is 0.413 e. The quantitative estimate of drug-likeness (QED) is 0.459. The van der Waals surface area contributed by atoms with Crippen molar-refractivity contribution in [1.82, 2.24) is 30.2 Å². The molecular weight excluding hydrogens is 528 g/mol. The topological polar surface area (TPSA) is 147 Å². The SMILES string of the molecule is CCOc1cnc(NC(=O)N(C)[C@H]2CN(c3nccc(NC(=O)O[C@H]4CCNCC4(C)C)n3)CCC2(F)F)cn1. The van der Waals surface area contributed by atoms with Gasteiger partial charge in [-0.3, -0.25) is 10.6 Å². The fourth-order valence-corrected chi connectivity index (χ4v) is 4.61. The van der Waals surface area contributed by atoms with Crippen LogP contribution in [0, 0.1) is 5.41 Å². The second-order valence-electron chi connectivity index (χ2n) is 10.4. The molecule has 2 saturated heterocycles. The second-order valence-corrected chi connectivity index (χ2v) is 10.4. The van der Waals surface area contributed by atoms with Crippen molar-refractivity contribution in [3.63, 3.8) is 0 Å². The van der Waals surface area contributed by atoms with Crippen LogP contribution in [0.4, 0.5) is 36.0 Å². The third-order valence-corrected chi connectivity index (χ3v) is 6.98. The van der Waals surface area contributed by atoms with E-state index in [4.69, 9.17) is 9.47 Å². The Morgan fingerprint density at radius 2 is 2.00 bits per heavy atom. The zero-order valence-corrected chi connectivity index (χ0v) is 23.0. The van der Waals surface area contributed by atoms with Crippen molar-refractivity contribution in [3.05, 3.63) is 24.7 Å². The molecule has 0 aliphatic carbocycles. The molecule has 0 aromatic carbocycles. The van der Waals surface area contributed by atoms with E-state index in [9.17, 15) is 18.4 Å². The number of carbonyl (C=O) groups is 2. The van der Waals surface area contributed by atoms with Crippen LogP contribution < -0.4 is 25.6 Å². The van der Waals surface area contributed by atoms with Crippen molar-refractivity contribution in [1.29, 1.82) is 0 Å². The average molecular weight is 564 g/mol. The minimum atomic E-state index is -3.16. The number of piperidine rings is 2. The Hall–Kier alpha value is -3.88. The molecule has 3 amide bonds. The van der Waals surface area contributed by atoms with E-state index in [1.165, 1.54) is 31.7 Å². The number of likely N-dealkylation sites (N-methyl/N-ethyl adjacent to an activating group) is 1. The van der Waals surface area contributed by atoms with Gasteiger partial charge in [-0.15, -0.1) is 0 Å². The molecule has 13 nitrogen and oxygen atoms in total. The molecule has 3 N–H and O–H groups in total. The molecule has 2 aliphatic heterocycles. The number of ether oxygens (including phenoxy) is 2. The van der Waals surface area contributed by atoms with E-state index >= 15 is 0 Å². The van der Waals surface area contributed by atoms with E-state index in [1.54, 1.807) is 11.8 Å². The molecular formula is C25H35F2N9O4. The highest BCUT2D eigenvalue weighted by Crippen LogP contribution is 2.33. The molecule has 2 aromatic rings. The van der Waals surface area contributed by atoms with Crippen molar-refractivity contribution in [2.75, 3.05) is 55.4 Å². The first-order chi connectivity index (χ1) is 19.0. The van der Waals surface area contributed by atoms with Gasteiger partial charge in [0.1, 0.15) is 18.0 Å². The summed E-state index contributed by atoms with van der Waals surface area (Å²) < 4.78 is 40.8. The molecule has 2 atom stereocenters. The molecule has 0 saturated carbocycles. The van der Waals surface area contributed by atoms with Crippen molar-refractivity contribution in [2.24, 2.45) is 5.41 Å². The summed E-state index contributed by atoms with van der Waals surface area (Å²) >= 11 is 0. The molecule has 218 valence electrons. The Balaban J connectivity index is 1.39. The van der Waals surface area contributed by atoms with Crippen molar-refractivity contribution in [3.8, 4) is 5.88 Å². The summed E-state index contributed by atoms with van der Waals surface area (Å²) in [5.74, 6) is -2.46. The lowest BCUT2D eigenvalue weighted by Crippen LogP contribution is -2.60. The molecule has 4 heterocycles. The number of carbonyl (C=O) groups excluding carboxylic acids is 2. The maximum absolute atomic E-state index is 15.0. The van der Waals surface area contributed by atoms with Crippen LogP contribution >= 0.6 is 0 Å². The Labute approximate surface area is 231 Å².